The Labute approximate surface area is 142 Å². The summed E-state index contributed by atoms with van der Waals surface area (Å²) in [7, 11) is 0. The van der Waals surface area contributed by atoms with Gasteiger partial charge >= 0.3 is 0 Å². The van der Waals surface area contributed by atoms with Gasteiger partial charge in [0.2, 0.25) is 0 Å². The molecule has 1 amide bonds. The molecule has 0 saturated heterocycles. The van der Waals surface area contributed by atoms with Crippen molar-refractivity contribution < 1.29 is 18.0 Å². The van der Waals surface area contributed by atoms with Crippen molar-refractivity contribution in [2.24, 2.45) is 0 Å². The van der Waals surface area contributed by atoms with Crippen LogP contribution in [0, 0.1) is 5.82 Å². The normalized spacial score (nSPS) is 11.1. The molecule has 4 aromatic rings. The maximum atomic E-state index is 13.1. The van der Waals surface area contributed by atoms with Gasteiger partial charge in [-0.2, -0.15) is 0 Å². The van der Waals surface area contributed by atoms with Gasteiger partial charge in [-0.3, -0.25) is 4.79 Å². The number of hydrogen-bond acceptors (Lipinski definition) is 3. The third-order valence-electron chi connectivity index (χ3n) is 4.01. The Morgan fingerprint density at radius 1 is 1.08 bits per heavy atom. The zero-order chi connectivity index (χ0) is 17.2. The van der Waals surface area contributed by atoms with Crippen LogP contribution in [0.5, 0.6) is 0 Å². The van der Waals surface area contributed by atoms with E-state index in [9.17, 15) is 9.18 Å². The molecule has 0 bridgehead atoms. The number of aromatic nitrogens is 1. The van der Waals surface area contributed by atoms with E-state index < -0.39 is 0 Å². The largest absolute Gasteiger partial charge is 0.467 e. The number of nitrogens with one attached hydrogen (secondary N) is 1. The van der Waals surface area contributed by atoms with Crippen molar-refractivity contribution in [3.05, 3.63) is 83.9 Å². The fourth-order valence-electron chi connectivity index (χ4n) is 2.78. The molecule has 25 heavy (non-hydrogen) atoms. The molecule has 0 radical (unpaired) electrons. The highest BCUT2D eigenvalue weighted by Crippen LogP contribution is 2.22. The van der Waals surface area contributed by atoms with Crippen molar-refractivity contribution in [1.29, 1.82) is 0 Å². The van der Waals surface area contributed by atoms with Crippen LogP contribution in [0.3, 0.4) is 0 Å². The predicted octanol–water partition coefficient (Wildman–Crippen LogP) is 3.94. The molecule has 0 aliphatic rings. The summed E-state index contributed by atoms with van der Waals surface area (Å²) in [5, 5.41) is 2.83. The van der Waals surface area contributed by atoms with E-state index in [1.165, 1.54) is 12.1 Å². The average molecular weight is 338 g/mol. The van der Waals surface area contributed by atoms with Crippen LogP contribution in [-0.2, 0) is 13.1 Å². The zero-order valence-electron chi connectivity index (χ0n) is 13.2. The maximum Gasteiger partial charge on any atom is 0.268 e. The lowest BCUT2D eigenvalue weighted by atomic mass is 10.2. The van der Waals surface area contributed by atoms with Crippen molar-refractivity contribution in [1.82, 2.24) is 9.88 Å². The molecule has 1 N–H and O–H groups in total. The first-order valence-corrected chi connectivity index (χ1v) is 7.82. The summed E-state index contributed by atoms with van der Waals surface area (Å²) in [6.07, 6.45) is 3.14. The average Bonchev–Trinajstić information content (AvgIpc) is 3.33. The molecule has 3 aromatic heterocycles. The van der Waals surface area contributed by atoms with Crippen LogP contribution < -0.4 is 5.32 Å². The molecule has 0 atom stereocenters. The molecule has 4 rings (SSSR count). The molecular weight excluding hydrogens is 323 g/mol. The lowest BCUT2D eigenvalue weighted by Gasteiger charge is -2.10. The van der Waals surface area contributed by atoms with Gasteiger partial charge in [-0.25, -0.2) is 4.39 Å². The van der Waals surface area contributed by atoms with Gasteiger partial charge in [0.05, 0.1) is 24.6 Å². The van der Waals surface area contributed by atoms with E-state index in [4.69, 9.17) is 8.83 Å². The summed E-state index contributed by atoms with van der Waals surface area (Å²) in [5.74, 6) is 0.153. The third kappa shape index (κ3) is 3.06. The quantitative estimate of drug-likeness (QED) is 0.599. The summed E-state index contributed by atoms with van der Waals surface area (Å²) >= 11 is 0. The number of hydrogen-bond donors (Lipinski definition) is 1. The smallest absolute Gasteiger partial charge is 0.268 e. The van der Waals surface area contributed by atoms with Crippen molar-refractivity contribution in [2.45, 2.75) is 13.1 Å². The van der Waals surface area contributed by atoms with Crippen molar-refractivity contribution >= 4 is 17.0 Å². The fraction of sp³-hybridized carbons (Fsp3) is 0.105. The van der Waals surface area contributed by atoms with Gasteiger partial charge in [0, 0.05) is 18.7 Å². The Balaban J connectivity index is 1.62. The van der Waals surface area contributed by atoms with Crippen molar-refractivity contribution in [3.63, 3.8) is 0 Å². The Hall–Kier alpha value is -3.28. The van der Waals surface area contributed by atoms with E-state index in [0.717, 1.165) is 11.1 Å². The van der Waals surface area contributed by atoms with E-state index in [2.05, 4.69) is 5.32 Å². The van der Waals surface area contributed by atoms with Crippen LogP contribution in [0.15, 0.2) is 69.9 Å². The van der Waals surface area contributed by atoms with Crippen LogP contribution in [-0.4, -0.2) is 10.5 Å². The molecular formula is C19H15FN2O3. The lowest BCUT2D eigenvalue weighted by molar-refractivity contribution is 0.0939. The molecule has 0 aliphatic heterocycles. The second-order valence-electron chi connectivity index (χ2n) is 5.67. The van der Waals surface area contributed by atoms with Gasteiger partial charge in [-0.1, -0.05) is 12.1 Å². The highest BCUT2D eigenvalue weighted by atomic mass is 19.1. The first kappa shape index (κ1) is 15.3. The Morgan fingerprint density at radius 3 is 2.68 bits per heavy atom. The zero-order valence-corrected chi connectivity index (χ0v) is 13.2. The topological polar surface area (TPSA) is 60.3 Å². The van der Waals surface area contributed by atoms with Gasteiger partial charge in [-0.05, 0) is 29.8 Å². The summed E-state index contributed by atoms with van der Waals surface area (Å²) in [6, 6.07) is 13.3. The molecule has 0 spiro atoms. The number of amides is 1. The second kappa shape index (κ2) is 6.32. The van der Waals surface area contributed by atoms with Crippen LogP contribution in [0.25, 0.3) is 11.1 Å². The Morgan fingerprint density at radius 2 is 1.92 bits per heavy atom. The monoisotopic (exact) mass is 338 g/mol. The molecule has 126 valence electrons. The van der Waals surface area contributed by atoms with E-state index in [1.54, 1.807) is 42.9 Å². The van der Waals surface area contributed by atoms with Crippen LogP contribution in [0.2, 0.25) is 0 Å². The summed E-state index contributed by atoms with van der Waals surface area (Å²) in [4.78, 5) is 12.6. The Kier molecular flexibility index (Phi) is 3.85. The van der Waals surface area contributed by atoms with Crippen LogP contribution >= 0.6 is 0 Å². The summed E-state index contributed by atoms with van der Waals surface area (Å²) in [5.41, 5.74) is 2.81. The molecule has 3 heterocycles. The highest BCUT2D eigenvalue weighted by Gasteiger charge is 2.18. The number of rotatable bonds is 5. The number of furan rings is 2. The number of nitrogens with zero attached hydrogens (tertiary/aromatic N) is 1. The van der Waals surface area contributed by atoms with Crippen molar-refractivity contribution in [3.8, 4) is 0 Å². The number of carbonyl (C=O) groups excluding carboxylic acids is 1. The first-order valence-electron chi connectivity index (χ1n) is 7.82. The minimum absolute atomic E-state index is 0.232. The van der Waals surface area contributed by atoms with Gasteiger partial charge < -0.3 is 18.7 Å². The Bertz CT molecular complexity index is 997. The lowest BCUT2D eigenvalue weighted by Crippen LogP contribution is -2.25. The van der Waals surface area contributed by atoms with Crippen LogP contribution in [0.1, 0.15) is 21.8 Å². The molecule has 1 aromatic carbocycles. The summed E-state index contributed by atoms with van der Waals surface area (Å²) < 4.78 is 25.6. The highest BCUT2D eigenvalue weighted by molar-refractivity contribution is 5.97. The minimum Gasteiger partial charge on any atom is -0.467 e. The predicted molar refractivity (Wildman–Crippen MR) is 89.6 cm³/mol. The number of halogens is 1. The van der Waals surface area contributed by atoms with E-state index in [-0.39, 0.29) is 11.7 Å². The first-order chi connectivity index (χ1) is 12.2. The van der Waals surface area contributed by atoms with Gasteiger partial charge in [0.1, 0.15) is 17.3 Å². The van der Waals surface area contributed by atoms with E-state index >= 15 is 0 Å². The van der Waals surface area contributed by atoms with Gasteiger partial charge in [0.25, 0.3) is 5.91 Å². The van der Waals surface area contributed by atoms with E-state index in [1.807, 2.05) is 10.6 Å². The molecule has 0 unspecified atom stereocenters. The van der Waals surface area contributed by atoms with Gasteiger partial charge in [0.15, 0.2) is 5.58 Å². The van der Waals surface area contributed by atoms with Crippen molar-refractivity contribution in [2.75, 3.05) is 0 Å². The van der Waals surface area contributed by atoms with E-state index in [0.29, 0.717) is 30.1 Å². The molecule has 0 aliphatic carbocycles. The number of carbonyl (C=O) groups is 1. The van der Waals surface area contributed by atoms with Crippen LogP contribution in [0.4, 0.5) is 4.39 Å². The fourth-order valence-corrected chi connectivity index (χ4v) is 2.78. The maximum absolute atomic E-state index is 13.1. The second-order valence-corrected chi connectivity index (χ2v) is 5.67. The molecule has 0 fully saturated rings. The van der Waals surface area contributed by atoms with Gasteiger partial charge in [-0.15, -0.1) is 0 Å². The third-order valence-corrected chi connectivity index (χ3v) is 4.01. The minimum atomic E-state index is -0.291. The molecule has 5 nitrogen and oxygen atoms in total. The number of benzene rings is 1. The summed E-state index contributed by atoms with van der Waals surface area (Å²) in [6.45, 7) is 0.738. The molecule has 0 saturated carbocycles. The molecule has 6 heteroatoms. The standard InChI is InChI=1S/C19H15FN2O3/c20-14-5-3-13(4-6-14)12-22-16-7-9-25-18(16)10-17(22)19(23)21-11-15-2-1-8-24-15/h1-10H,11-12H2,(H,21,23). The number of fused-ring (bicyclic) bond motifs is 1. The SMILES string of the molecule is O=C(NCc1ccco1)c1cc2occc2n1Cc1ccc(F)cc1.